The summed E-state index contributed by atoms with van der Waals surface area (Å²) in [4.78, 5) is 15.5. The molecule has 1 saturated carbocycles. The highest BCUT2D eigenvalue weighted by molar-refractivity contribution is 6.61. The van der Waals surface area contributed by atoms with Gasteiger partial charge in [-0.3, -0.25) is 9.48 Å². The van der Waals surface area contributed by atoms with Gasteiger partial charge in [0.25, 0.3) is 5.92 Å². The first-order chi connectivity index (χ1) is 15.8. The number of alkyl halides is 2. The largest absolute Gasteiger partial charge is 0.383 e. The highest BCUT2D eigenvalue weighted by Gasteiger charge is 2.44. The molecule has 8 heteroatoms. The molecular formula is C25H32BF2N3O2. The molecule has 2 atom stereocenters. The van der Waals surface area contributed by atoms with Gasteiger partial charge in [0, 0.05) is 32.6 Å². The van der Waals surface area contributed by atoms with Gasteiger partial charge in [0.05, 0.1) is 11.7 Å². The SMILES string of the molecule is Cc1cccc([C@@H]2C(B3CCOCC3)CCN2C(=O)Cn2nc(C3CC3)cc2C(C)(F)F)c1. The number of hydrogen-bond donors (Lipinski definition) is 0. The molecule has 2 aliphatic heterocycles. The Morgan fingerprint density at radius 3 is 2.64 bits per heavy atom. The Morgan fingerprint density at radius 1 is 1.21 bits per heavy atom. The van der Waals surface area contributed by atoms with E-state index in [2.05, 4.69) is 30.2 Å². The third-order valence-corrected chi connectivity index (χ3v) is 7.55. The number of carbonyl (C=O) groups is 1. The zero-order chi connectivity index (χ0) is 23.2. The Kier molecular flexibility index (Phi) is 6.06. The second kappa shape index (κ2) is 8.86. The average molecular weight is 455 g/mol. The zero-order valence-electron chi connectivity index (χ0n) is 19.5. The lowest BCUT2D eigenvalue weighted by Crippen LogP contribution is -2.38. The fourth-order valence-corrected chi connectivity index (χ4v) is 5.72. The molecule has 0 N–H and O–H groups in total. The number of rotatable bonds is 6. The normalized spacial score (nSPS) is 23.9. The van der Waals surface area contributed by atoms with Crippen LogP contribution in [0.5, 0.6) is 0 Å². The van der Waals surface area contributed by atoms with Gasteiger partial charge in [-0.2, -0.15) is 13.9 Å². The molecule has 5 rings (SSSR count). The standard InChI is InChI=1S/C25H32BF2N3O2/c1-17-4-3-5-19(14-17)24-20(26-9-12-33-13-10-26)8-11-30(24)23(32)16-31-22(25(2,27)28)15-21(29-31)18-6-7-18/h3-5,14-15,18,20,24H,6-13,16H2,1-2H3/t20?,24-/m1/s1. The summed E-state index contributed by atoms with van der Waals surface area (Å²) in [6.45, 7) is 5.48. The molecule has 0 spiro atoms. The van der Waals surface area contributed by atoms with Crippen molar-refractivity contribution in [2.75, 3.05) is 19.8 Å². The van der Waals surface area contributed by atoms with E-state index >= 15 is 0 Å². The number of likely N-dealkylation sites (tertiary alicyclic amines) is 1. The van der Waals surface area contributed by atoms with E-state index in [0.29, 0.717) is 24.8 Å². The van der Waals surface area contributed by atoms with Crippen LogP contribution in [0.4, 0.5) is 8.78 Å². The van der Waals surface area contributed by atoms with Gasteiger partial charge in [0.2, 0.25) is 5.91 Å². The first-order valence-electron chi connectivity index (χ1n) is 12.2. The van der Waals surface area contributed by atoms with Gasteiger partial charge in [0.1, 0.15) is 12.2 Å². The van der Waals surface area contributed by atoms with Crippen molar-refractivity contribution < 1.29 is 18.3 Å². The number of ether oxygens (including phenoxy) is 1. The smallest absolute Gasteiger partial charge is 0.286 e. The number of carbonyl (C=O) groups excluding carboxylic acids is 1. The first-order valence-corrected chi connectivity index (χ1v) is 12.2. The monoisotopic (exact) mass is 455 g/mol. The lowest BCUT2D eigenvalue weighted by molar-refractivity contribution is -0.133. The van der Waals surface area contributed by atoms with Crippen LogP contribution in [0.3, 0.4) is 0 Å². The van der Waals surface area contributed by atoms with Crippen LogP contribution in [-0.2, 0) is 22.0 Å². The predicted octanol–water partition coefficient (Wildman–Crippen LogP) is 5.05. The molecule has 3 aliphatic rings. The number of benzene rings is 1. The Morgan fingerprint density at radius 2 is 1.97 bits per heavy atom. The van der Waals surface area contributed by atoms with Crippen LogP contribution in [0.25, 0.3) is 0 Å². The summed E-state index contributed by atoms with van der Waals surface area (Å²) in [7, 11) is 0. The van der Waals surface area contributed by atoms with Crippen LogP contribution in [0.15, 0.2) is 30.3 Å². The molecule has 3 fully saturated rings. The van der Waals surface area contributed by atoms with Gasteiger partial charge < -0.3 is 9.64 Å². The molecule has 1 aromatic carbocycles. The molecule has 0 bridgehead atoms. The number of amides is 1. The highest BCUT2D eigenvalue weighted by atomic mass is 19.3. The summed E-state index contributed by atoms with van der Waals surface area (Å²) in [5, 5.41) is 4.44. The van der Waals surface area contributed by atoms with Crippen molar-refractivity contribution in [2.24, 2.45) is 0 Å². The maximum absolute atomic E-state index is 14.3. The van der Waals surface area contributed by atoms with Gasteiger partial charge in [0.15, 0.2) is 6.71 Å². The predicted molar refractivity (Wildman–Crippen MR) is 124 cm³/mol. The van der Waals surface area contributed by atoms with Crippen molar-refractivity contribution in [3.8, 4) is 0 Å². The minimum atomic E-state index is -3.04. The van der Waals surface area contributed by atoms with Crippen molar-refractivity contribution in [3.05, 3.63) is 52.8 Å². The number of hydrogen-bond acceptors (Lipinski definition) is 3. The third-order valence-electron chi connectivity index (χ3n) is 7.55. The molecule has 2 aromatic rings. The molecule has 33 heavy (non-hydrogen) atoms. The summed E-state index contributed by atoms with van der Waals surface area (Å²) in [5.74, 6) is -2.56. The van der Waals surface area contributed by atoms with Gasteiger partial charge in [-0.15, -0.1) is 0 Å². The molecule has 1 aliphatic carbocycles. The molecular weight excluding hydrogens is 423 g/mol. The molecule has 3 heterocycles. The van der Waals surface area contributed by atoms with Crippen LogP contribution in [0.1, 0.15) is 60.7 Å². The number of aryl methyl sites for hydroxylation is 1. The minimum Gasteiger partial charge on any atom is -0.383 e. The van der Waals surface area contributed by atoms with E-state index in [4.69, 9.17) is 4.74 Å². The van der Waals surface area contributed by atoms with E-state index in [0.717, 1.165) is 63.2 Å². The number of aromatic nitrogens is 2. The number of halogens is 2. The highest BCUT2D eigenvalue weighted by Crippen LogP contribution is 2.46. The molecule has 2 saturated heterocycles. The lowest BCUT2D eigenvalue weighted by Gasteiger charge is -2.33. The molecule has 0 radical (unpaired) electrons. The maximum Gasteiger partial charge on any atom is 0.286 e. The Bertz CT molecular complexity index is 1010. The summed E-state index contributed by atoms with van der Waals surface area (Å²) < 4.78 is 35.5. The zero-order valence-corrected chi connectivity index (χ0v) is 19.5. The van der Waals surface area contributed by atoms with Crippen LogP contribution in [-0.4, -0.2) is 47.1 Å². The van der Waals surface area contributed by atoms with Gasteiger partial charge in [-0.25, -0.2) is 0 Å². The van der Waals surface area contributed by atoms with Gasteiger partial charge >= 0.3 is 0 Å². The Labute approximate surface area is 194 Å². The van der Waals surface area contributed by atoms with Crippen molar-refractivity contribution in [3.63, 3.8) is 0 Å². The quantitative estimate of drug-likeness (QED) is 0.573. The number of nitrogens with zero attached hydrogens (tertiary/aromatic N) is 3. The summed E-state index contributed by atoms with van der Waals surface area (Å²) in [5.41, 5.74) is 2.82. The minimum absolute atomic E-state index is 0.0375. The van der Waals surface area contributed by atoms with Gasteiger partial charge in [-0.05, 0) is 43.6 Å². The lowest BCUT2D eigenvalue weighted by atomic mass is 9.35. The summed E-state index contributed by atoms with van der Waals surface area (Å²) in [6, 6.07) is 9.82. The fourth-order valence-electron chi connectivity index (χ4n) is 5.72. The molecule has 1 unspecified atom stereocenters. The van der Waals surface area contributed by atoms with E-state index < -0.39 is 5.92 Å². The van der Waals surface area contributed by atoms with Crippen LogP contribution >= 0.6 is 0 Å². The van der Waals surface area contributed by atoms with Crippen LogP contribution in [0, 0.1) is 6.92 Å². The summed E-state index contributed by atoms with van der Waals surface area (Å²) in [6.07, 6.45) is 4.90. The topological polar surface area (TPSA) is 47.4 Å². The van der Waals surface area contributed by atoms with Crippen molar-refractivity contribution in [1.82, 2.24) is 14.7 Å². The van der Waals surface area contributed by atoms with E-state index in [1.165, 1.54) is 10.7 Å². The van der Waals surface area contributed by atoms with E-state index in [9.17, 15) is 13.6 Å². The van der Waals surface area contributed by atoms with E-state index in [-0.39, 0.29) is 30.1 Å². The first kappa shape index (κ1) is 22.6. The molecule has 1 aromatic heterocycles. The van der Waals surface area contributed by atoms with Crippen molar-refractivity contribution >= 4 is 12.6 Å². The van der Waals surface area contributed by atoms with Crippen LogP contribution < -0.4 is 0 Å². The van der Waals surface area contributed by atoms with Gasteiger partial charge in [-0.1, -0.05) is 42.5 Å². The van der Waals surface area contributed by atoms with E-state index in [1.54, 1.807) is 0 Å². The van der Waals surface area contributed by atoms with E-state index in [1.807, 2.05) is 11.0 Å². The fraction of sp³-hybridized carbons (Fsp3) is 0.600. The molecule has 1 amide bonds. The summed E-state index contributed by atoms with van der Waals surface area (Å²) >= 11 is 0. The van der Waals surface area contributed by atoms with Crippen LogP contribution in [0.2, 0.25) is 18.5 Å². The maximum atomic E-state index is 14.3. The Balaban J connectivity index is 1.43. The second-order valence-electron chi connectivity index (χ2n) is 10.1. The average Bonchev–Trinajstić information content (AvgIpc) is 3.38. The van der Waals surface area contributed by atoms with Crippen molar-refractivity contribution in [1.29, 1.82) is 0 Å². The van der Waals surface area contributed by atoms with Crippen molar-refractivity contribution in [2.45, 2.75) is 76.0 Å². The molecule has 5 nitrogen and oxygen atoms in total. The molecule has 176 valence electrons. The second-order valence-corrected chi connectivity index (χ2v) is 10.1. The Hall–Kier alpha value is -2.22. The third kappa shape index (κ3) is 4.72.